The second kappa shape index (κ2) is 2.93. The van der Waals surface area contributed by atoms with E-state index >= 15 is 0 Å². The molecule has 1 aromatic rings. The first-order valence-corrected chi connectivity index (χ1v) is 3.51. The molecule has 2 nitrogen and oxygen atoms in total. The maximum Gasteiger partial charge on any atom is 0.191 e. The summed E-state index contributed by atoms with van der Waals surface area (Å²) in [5.74, 6) is -0.199. The Kier molecular flexibility index (Phi) is 2.13. The highest BCUT2D eigenvalue weighted by atomic mass is 19.1. The second-order valence-corrected chi connectivity index (χ2v) is 2.71. The van der Waals surface area contributed by atoms with E-state index in [9.17, 15) is 14.3 Å². The number of para-hydroxylation sites is 1. The van der Waals surface area contributed by atoms with Crippen molar-refractivity contribution in [2.45, 2.75) is 12.6 Å². The van der Waals surface area contributed by atoms with Crippen molar-refractivity contribution in [3.63, 3.8) is 0 Å². The quantitative estimate of drug-likeness (QED) is 0.683. The lowest BCUT2D eigenvalue weighted by Crippen LogP contribution is -2.16. The van der Waals surface area contributed by atoms with Gasteiger partial charge >= 0.3 is 0 Å². The fourth-order valence-corrected chi connectivity index (χ4v) is 0.950. The van der Waals surface area contributed by atoms with E-state index < -0.39 is 5.67 Å². The zero-order chi connectivity index (χ0) is 9.19. The van der Waals surface area contributed by atoms with Crippen molar-refractivity contribution in [1.29, 1.82) is 0 Å². The molecule has 12 heavy (non-hydrogen) atoms. The highest BCUT2D eigenvalue weighted by Gasteiger charge is 2.27. The van der Waals surface area contributed by atoms with E-state index in [0.29, 0.717) is 0 Å². The van der Waals surface area contributed by atoms with Crippen LogP contribution in [0.3, 0.4) is 0 Å². The summed E-state index contributed by atoms with van der Waals surface area (Å²) >= 11 is 0. The minimum atomic E-state index is -2.11. The summed E-state index contributed by atoms with van der Waals surface area (Å²) in [4.78, 5) is 10.3. The zero-order valence-corrected chi connectivity index (χ0v) is 6.62. The van der Waals surface area contributed by atoms with E-state index in [1.807, 2.05) is 0 Å². The first-order chi connectivity index (χ1) is 5.58. The van der Waals surface area contributed by atoms with Crippen molar-refractivity contribution < 1.29 is 14.3 Å². The van der Waals surface area contributed by atoms with Crippen LogP contribution < -0.4 is 0 Å². The number of phenols is 1. The summed E-state index contributed by atoms with van der Waals surface area (Å²) < 4.78 is 13.3. The SMILES string of the molecule is CC(F)(C=O)c1ccccc1O. The molecule has 0 saturated heterocycles. The van der Waals surface area contributed by atoms with Gasteiger partial charge < -0.3 is 5.11 Å². The zero-order valence-electron chi connectivity index (χ0n) is 6.62. The van der Waals surface area contributed by atoms with Gasteiger partial charge in [-0.25, -0.2) is 4.39 Å². The molecule has 0 aliphatic heterocycles. The van der Waals surface area contributed by atoms with Crippen LogP contribution in [0.15, 0.2) is 24.3 Å². The van der Waals surface area contributed by atoms with Gasteiger partial charge in [-0.2, -0.15) is 0 Å². The number of hydrogen-bond donors (Lipinski definition) is 1. The van der Waals surface area contributed by atoms with Gasteiger partial charge in [0.15, 0.2) is 12.0 Å². The summed E-state index contributed by atoms with van der Waals surface area (Å²) in [7, 11) is 0. The molecule has 1 aromatic carbocycles. The van der Waals surface area contributed by atoms with Crippen LogP contribution in [-0.2, 0) is 10.5 Å². The maximum atomic E-state index is 13.3. The van der Waals surface area contributed by atoms with Gasteiger partial charge in [-0.3, -0.25) is 4.79 Å². The Morgan fingerprint density at radius 1 is 1.50 bits per heavy atom. The van der Waals surface area contributed by atoms with Gasteiger partial charge in [0.05, 0.1) is 0 Å². The van der Waals surface area contributed by atoms with Gasteiger partial charge in [-0.1, -0.05) is 18.2 Å². The van der Waals surface area contributed by atoms with Gasteiger partial charge in [0.25, 0.3) is 0 Å². The Labute approximate surface area is 69.6 Å². The topological polar surface area (TPSA) is 37.3 Å². The number of phenolic OH excluding ortho intramolecular Hbond substituents is 1. The summed E-state index contributed by atoms with van der Waals surface area (Å²) in [6.07, 6.45) is 0.169. The molecule has 0 aromatic heterocycles. The van der Waals surface area contributed by atoms with Crippen molar-refractivity contribution in [1.82, 2.24) is 0 Å². The Morgan fingerprint density at radius 2 is 2.08 bits per heavy atom. The first-order valence-electron chi connectivity index (χ1n) is 3.51. The molecule has 0 bridgehead atoms. The van der Waals surface area contributed by atoms with Crippen molar-refractivity contribution in [3.8, 4) is 5.75 Å². The third-order valence-electron chi connectivity index (χ3n) is 1.65. The van der Waals surface area contributed by atoms with Crippen LogP contribution in [0.4, 0.5) is 4.39 Å². The van der Waals surface area contributed by atoms with Crippen molar-refractivity contribution in [2.75, 3.05) is 0 Å². The molecule has 64 valence electrons. The second-order valence-electron chi connectivity index (χ2n) is 2.71. The number of carbonyl (C=O) groups excluding carboxylic acids is 1. The molecule has 1 N–H and O–H groups in total. The average Bonchev–Trinajstić information content (AvgIpc) is 2.05. The third-order valence-corrected chi connectivity index (χ3v) is 1.65. The lowest BCUT2D eigenvalue weighted by atomic mass is 9.99. The van der Waals surface area contributed by atoms with Crippen LogP contribution in [0.25, 0.3) is 0 Å². The average molecular weight is 168 g/mol. The predicted molar refractivity (Wildman–Crippen MR) is 42.6 cm³/mol. The highest BCUT2D eigenvalue weighted by Crippen LogP contribution is 2.30. The molecule has 0 radical (unpaired) electrons. The summed E-state index contributed by atoms with van der Waals surface area (Å²) in [5, 5.41) is 9.18. The smallest absolute Gasteiger partial charge is 0.191 e. The molecule has 0 fully saturated rings. The van der Waals surface area contributed by atoms with Crippen LogP contribution in [0.1, 0.15) is 12.5 Å². The highest BCUT2D eigenvalue weighted by molar-refractivity contribution is 5.67. The largest absolute Gasteiger partial charge is 0.508 e. The van der Waals surface area contributed by atoms with Crippen molar-refractivity contribution in [3.05, 3.63) is 29.8 Å². The molecular formula is C9H9FO2. The van der Waals surface area contributed by atoms with Crippen LogP contribution in [0.2, 0.25) is 0 Å². The molecule has 0 aliphatic carbocycles. The lowest BCUT2D eigenvalue weighted by Gasteiger charge is -2.13. The number of halogens is 1. The fourth-order valence-electron chi connectivity index (χ4n) is 0.950. The van der Waals surface area contributed by atoms with Crippen LogP contribution >= 0.6 is 0 Å². The number of alkyl halides is 1. The van der Waals surface area contributed by atoms with Gasteiger partial charge in [0.1, 0.15) is 5.75 Å². The third kappa shape index (κ3) is 1.44. The fraction of sp³-hybridized carbons (Fsp3) is 0.222. The Bertz CT molecular complexity index is 294. The number of hydrogen-bond acceptors (Lipinski definition) is 2. The van der Waals surface area contributed by atoms with E-state index in [1.165, 1.54) is 12.1 Å². The Hall–Kier alpha value is -1.38. The van der Waals surface area contributed by atoms with E-state index in [2.05, 4.69) is 0 Å². The lowest BCUT2D eigenvalue weighted by molar-refractivity contribution is -0.117. The van der Waals surface area contributed by atoms with E-state index in [1.54, 1.807) is 12.1 Å². The van der Waals surface area contributed by atoms with E-state index in [4.69, 9.17) is 0 Å². The van der Waals surface area contributed by atoms with Crippen LogP contribution in [0.5, 0.6) is 5.75 Å². The van der Waals surface area contributed by atoms with Gasteiger partial charge in [-0.05, 0) is 13.0 Å². The Morgan fingerprint density at radius 3 is 2.58 bits per heavy atom. The molecule has 0 aliphatic rings. The number of rotatable bonds is 2. The van der Waals surface area contributed by atoms with E-state index in [0.717, 1.165) is 6.92 Å². The number of aldehydes is 1. The summed E-state index contributed by atoms with van der Waals surface area (Å²) in [6.45, 7) is 1.11. The van der Waals surface area contributed by atoms with Gasteiger partial charge in [0.2, 0.25) is 0 Å². The summed E-state index contributed by atoms with van der Waals surface area (Å²) in [6, 6.07) is 5.86. The molecule has 1 rings (SSSR count). The van der Waals surface area contributed by atoms with Crippen LogP contribution in [-0.4, -0.2) is 11.4 Å². The minimum Gasteiger partial charge on any atom is -0.508 e. The molecule has 1 atom stereocenters. The van der Waals surface area contributed by atoms with Gasteiger partial charge in [0, 0.05) is 5.56 Å². The molecule has 0 spiro atoms. The molecular weight excluding hydrogens is 159 g/mol. The maximum absolute atomic E-state index is 13.3. The molecule has 0 saturated carbocycles. The normalized spacial score (nSPS) is 15.2. The molecule has 3 heteroatoms. The number of carbonyl (C=O) groups is 1. The van der Waals surface area contributed by atoms with E-state index in [-0.39, 0.29) is 17.6 Å². The number of aromatic hydroxyl groups is 1. The molecule has 0 amide bonds. The van der Waals surface area contributed by atoms with Crippen molar-refractivity contribution in [2.24, 2.45) is 0 Å². The minimum absolute atomic E-state index is 0.000000000000000444. The predicted octanol–water partition coefficient (Wildman–Crippen LogP) is 1.78. The number of benzene rings is 1. The van der Waals surface area contributed by atoms with Crippen LogP contribution in [0, 0.1) is 0 Å². The van der Waals surface area contributed by atoms with Gasteiger partial charge in [-0.15, -0.1) is 0 Å². The molecule has 0 heterocycles. The van der Waals surface area contributed by atoms with Crippen molar-refractivity contribution >= 4 is 6.29 Å². The summed E-state index contributed by atoms with van der Waals surface area (Å²) in [5.41, 5.74) is -2.11. The molecule has 1 unspecified atom stereocenters. The first kappa shape index (κ1) is 8.71. The standard InChI is InChI=1S/C9H9FO2/c1-9(10,6-11)7-4-2-3-5-8(7)12/h2-6,12H,1H3. The Balaban J connectivity index is 3.19. The monoisotopic (exact) mass is 168 g/mol.